The van der Waals surface area contributed by atoms with Crippen LogP contribution in [-0.4, -0.2) is 15.5 Å². The summed E-state index contributed by atoms with van der Waals surface area (Å²) in [6, 6.07) is 5.94. The SMILES string of the molecule is Cc1cc(Nc2cc(C(F)(F)F)nc(NC(C)(C)C)n2)ccc1Cl. The van der Waals surface area contributed by atoms with Crippen molar-refractivity contribution in [3.63, 3.8) is 0 Å². The van der Waals surface area contributed by atoms with Gasteiger partial charge in [0.15, 0.2) is 5.69 Å². The van der Waals surface area contributed by atoms with Crippen LogP contribution in [0.15, 0.2) is 24.3 Å². The fourth-order valence-corrected chi connectivity index (χ4v) is 2.04. The van der Waals surface area contributed by atoms with Gasteiger partial charge in [0, 0.05) is 22.3 Å². The van der Waals surface area contributed by atoms with E-state index in [0.717, 1.165) is 11.6 Å². The van der Waals surface area contributed by atoms with E-state index in [1.807, 2.05) is 20.8 Å². The summed E-state index contributed by atoms with van der Waals surface area (Å²) >= 11 is 5.95. The van der Waals surface area contributed by atoms with Crippen LogP contribution in [0.2, 0.25) is 5.02 Å². The van der Waals surface area contributed by atoms with Crippen molar-refractivity contribution in [3.05, 3.63) is 40.5 Å². The molecular weight excluding hydrogens is 341 g/mol. The van der Waals surface area contributed by atoms with Crippen LogP contribution in [0.1, 0.15) is 32.0 Å². The number of rotatable bonds is 3. The number of hydrogen-bond acceptors (Lipinski definition) is 4. The lowest BCUT2D eigenvalue weighted by molar-refractivity contribution is -0.141. The van der Waals surface area contributed by atoms with Crippen molar-refractivity contribution in [2.75, 3.05) is 10.6 Å². The van der Waals surface area contributed by atoms with Gasteiger partial charge in [0.2, 0.25) is 5.95 Å². The summed E-state index contributed by atoms with van der Waals surface area (Å²) < 4.78 is 39.2. The normalized spacial score (nSPS) is 12.2. The molecule has 1 aromatic heterocycles. The smallest absolute Gasteiger partial charge is 0.350 e. The number of aryl methyl sites for hydroxylation is 1. The van der Waals surface area contributed by atoms with Gasteiger partial charge in [-0.05, 0) is 51.5 Å². The molecule has 2 N–H and O–H groups in total. The molecule has 0 spiro atoms. The Bertz CT molecular complexity index is 739. The van der Waals surface area contributed by atoms with E-state index in [4.69, 9.17) is 11.6 Å². The lowest BCUT2D eigenvalue weighted by Gasteiger charge is -2.21. The van der Waals surface area contributed by atoms with Gasteiger partial charge in [0.25, 0.3) is 0 Å². The molecule has 2 rings (SSSR count). The predicted octanol–water partition coefficient (Wildman–Crippen LogP) is 5.41. The Labute approximate surface area is 143 Å². The number of benzene rings is 1. The topological polar surface area (TPSA) is 49.8 Å². The zero-order chi connectivity index (χ0) is 18.1. The fraction of sp³-hybridized carbons (Fsp3) is 0.375. The second-order valence-corrected chi connectivity index (χ2v) is 6.83. The summed E-state index contributed by atoms with van der Waals surface area (Å²) in [5, 5.41) is 6.30. The highest BCUT2D eigenvalue weighted by Gasteiger charge is 2.34. The van der Waals surface area contributed by atoms with Gasteiger partial charge >= 0.3 is 6.18 Å². The number of aromatic nitrogens is 2. The Morgan fingerprint density at radius 1 is 1.04 bits per heavy atom. The summed E-state index contributed by atoms with van der Waals surface area (Å²) in [6.45, 7) is 7.24. The molecule has 0 amide bonds. The van der Waals surface area contributed by atoms with Crippen molar-refractivity contribution in [2.24, 2.45) is 0 Å². The molecule has 130 valence electrons. The second kappa shape index (κ2) is 6.47. The highest BCUT2D eigenvalue weighted by atomic mass is 35.5. The minimum absolute atomic E-state index is 0.0470. The Hall–Kier alpha value is -2.02. The lowest BCUT2D eigenvalue weighted by Crippen LogP contribution is -2.28. The van der Waals surface area contributed by atoms with Crippen LogP contribution in [0.3, 0.4) is 0 Å². The van der Waals surface area contributed by atoms with Crippen LogP contribution >= 0.6 is 11.6 Å². The maximum Gasteiger partial charge on any atom is 0.433 e. The predicted molar refractivity (Wildman–Crippen MR) is 89.9 cm³/mol. The maximum atomic E-state index is 13.1. The zero-order valence-corrected chi connectivity index (χ0v) is 14.5. The summed E-state index contributed by atoms with van der Waals surface area (Å²) in [7, 11) is 0. The standard InChI is InChI=1S/C16H18ClF3N4/c1-9-7-10(5-6-11(9)17)21-13-8-12(16(18,19)20)22-14(23-13)24-15(2,3)4/h5-8H,1-4H3,(H2,21,22,23,24). The first kappa shape index (κ1) is 18.3. The molecule has 0 radical (unpaired) electrons. The minimum atomic E-state index is -4.57. The van der Waals surface area contributed by atoms with Gasteiger partial charge in [0.1, 0.15) is 5.82 Å². The van der Waals surface area contributed by atoms with Crippen LogP contribution in [0.25, 0.3) is 0 Å². The van der Waals surface area contributed by atoms with Crippen molar-refractivity contribution in [3.8, 4) is 0 Å². The number of anilines is 3. The fourth-order valence-electron chi connectivity index (χ4n) is 1.92. The number of alkyl halides is 3. The molecule has 0 aliphatic heterocycles. The van der Waals surface area contributed by atoms with E-state index in [2.05, 4.69) is 20.6 Å². The van der Waals surface area contributed by atoms with Crippen molar-refractivity contribution in [1.82, 2.24) is 9.97 Å². The van der Waals surface area contributed by atoms with Crippen molar-refractivity contribution >= 4 is 29.1 Å². The van der Waals surface area contributed by atoms with E-state index >= 15 is 0 Å². The number of nitrogens with one attached hydrogen (secondary N) is 2. The zero-order valence-electron chi connectivity index (χ0n) is 13.7. The Morgan fingerprint density at radius 3 is 2.25 bits per heavy atom. The first-order valence-electron chi connectivity index (χ1n) is 7.22. The summed E-state index contributed by atoms with van der Waals surface area (Å²) in [5.74, 6) is -0.0451. The monoisotopic (exact) mass is 358 g/mol. The molecule has 0 aliphatic carbocycles. The van der Waals surface area contributed by atoms with Gasteiger partial charge in [-0.15, -0.1) is 0 Å². The Morgan fingerprint density at radius 2 is 1.71 bits per heavy atom. The summed E-state index contributed by atoms with van der Waals surface area (Å²) in [4.78, 5) is 7.67. The van der Waals surface area contributed by atoms with Gasteiger partial charge in [-0.3, -0.25) is 0 Å². The first-order valence-corrected chi connectivity index (χ1v) is 7.59. The van der Waals surface area contributed by atoms with Gasteiger partial charge in [-0.1, -0.05) is 11.6 Å². The number of nitrogens with zero attached hydrogens (tertiary/aromatic N) is 2. The third kappa shape index (κ3) is 4.99. The molecular formula is C16H18ClF3N4. The van der Waals surface area contributed by atoms with E-state index in [0.29, 0.717) is 10.7 Å². The molecule has 0 unspecified atom stereocenters. The van der Waals surface area contributed by atoms with Gasteiger partial charge in [-0.2, -0.15) is 18.2 Å². The minimum Gasteiger partial charge on any atom is -0.350 e. The molecule has 24 heavy (non-hydrogen) atoms. The van der Waals surface area contributed by atoms with Gasteiger partial charge in [-0.25, -0.2) is 4.98 Å². The molecule has 2 aromatic rings. The third-order valence-corrected chi connectivity index (χ3v) is 3.36. The van der Waals surface area contributed by atoms with Gasteiger partial charge in [0.05, 0.1) is 0 Å². The third-order valence-electron chi connectivity index (χ3n) is 2.93. The van der Waals surface area contributed by atoms with E-state index in [9.17, 15) is 13.2 Å². The van der Waals surface area contributed by atoms with Crippen molar-refractivity contribution in [2.45, 2.75) is 39.4 Å². The molecule has 0 saturated heterocycles. The number of halogens is 4. The summed E-state index contributed by atoms with van der Waals surface area (Å²) in [6.07, 6.45) is -4.57. The molecule has 0 aliphatic rings. The molecule has 8 heteroatoms. The van der Waals surface area contributed by atoms with Gasteiger partial charge < -0.3 is 10.6 Å². The van der Waals surface area contributed by atoms with Crippen molar-refractivity contribution < 1.29 is 13.2 Å². The van der Waals surface area contributed by atoms with E-state index in [1.54, 1.807) is 25.1 Å². The van der Waals surface area contributed by atoms with E-state index in [-0.39, 0.29) is 11.8 Å². The maximum absolute atomic E-state index is 13.1. The van der Waals surface area contributed by atoms with E-state index < -0.39 is 17.4 Å². The lowest BCUT2D eigenvalue weighted by atomic mass is 10.1. The van der Waals surface area contributed by atoms with Crippen LogP contribution in [-0.2, 0) is 6.18 Å². The van der Waals surface area contributed by atoms with Crippen molar-refractivity contribution in [1.29, 1.82) is 0 Å². The Balaban J connectivity index is 2.40. The average Bonchev–Trinajstić information content (AvgIpc) is 2.40. The quantitative estimate of drug-likeness (QED) is 0.770. The van der Waals surface area contributed by atoms with Crippen LogP contribution in [0, 0.1) is 6.92 Å². The largest absolute Gasteiger partial charge is 0.433 e. The molecule has 0 atom stereocenters. The highest BCUT2D eigenvalue weighted by Crippen LogP contribution is 2.31. The van der Waals surface area contributed by atoms with Crippen LogP contribution < -0.4 is 10.6 Å². The second-order valence-electron chi connectivity index (χ2n) is 6.42. The molecule has 0 saturated carbocycles. The highest BCUT2D eigenvalue weighted by molar-refractivity contribution is 6.31. The van der Waals surface area contributed by atoms with E-state index in [1.165, 1.54) is 0 Å². The Kier molecular flexibility index (Phi) is 4.94. The van der Waals surface area contributed by atoms with Crippen LogP contribution in [0.5, 0.6) is 0 Å². The first-order chi connectivity index (χ1) is 10.9. The average molecular weight is 359 g/mol. The summed E-state index contributed by atoms with van der Waals surface area (Å²) in [5.41, 5.74) is -0.0964. The molecule has 4 nitrogen and oxygen atoms in total. The van der Waals surface area contributed by atoms with Crippen LogP contribution in [0.4, 0.5) is 30.6 Å². The molecule has 1 heterocycles. The molecule has 0 fully saturated rings. The molecule has 1 aromatic carbocycles. The molecule has 0 bridgehead atoms. The number of hydrogen-bond donors (Lipinski definition) is 2.